The van der Waals surface area contributed by atoms with Crippen LogP contribution < -0.4 is 16.0 Å². The summed E-state index contributed by atoms with van der Waals surface area (Å²) in [6, 6.07) is 16.7. The lowest BCUT2D eigenvalue weighted by Crippen LogP contribution is -2.39. The number of hydrogen-bond donors (Lipinski definition) is 3. The van der Waals surface area contributed by atoms with Gasteiger partial charge in [-0.2, -0.15) is 4.98 Å². The molecule has 1 saturated heterocycles. The first-order valence-electron chi connectivity index (χ1n) is 14.1. The third-order valence-electron chi connectivity index (χ3n) is 7.79. The first-order chi connectivity index (χ1) is 20.8. The van der Waals surface area contributed by atoms with E-state index >= 15 is 0 Å². The molecular formula is C32H29ClF2N6O2. The summed E-state index contributed by atoms with van der Waals surface area (Å²) in [5.41, 5.74) is 4.31. The molecule has 11 heteroatoms. The smallest absolute Gasteiger partial charge is 0.256 e. The van der Waals surface area contributed by atoms with Crippen LogP contribution in [0.25, 0.3) is 0 Å². The van der Waals surface area contributed by atoms with Crippen molar-refractivity contribution in [3.05, 3.63) is 100 Å². The SMILES string of the molecule is O=C(CC1CCN(C(=O)c2ccc(F)cc2F)CC1)Nc1ccc2cc1CCc1cccc(c1)Nc1ncc(Cl)c(n1)N2. The van der Waals surface area contributed by atoms with Crippen LogP contribution in [0.15, 0.2) is 66.9 Å². The highest BCUT2D eigenvalue weighted by molar-refractivity contribution is 6.32. The number of fused-ring (bicyclic) bond motifs is 6. The van der Waals surface area contributed by atoms with E-state index in [1.54, 1.807) is 11.1 Å². The van der Waals surface area contributed by atoms with E-state index in [9.17, 15) is 18.4 Å². The molecule has 43 heavy (non-hydrogen) atoms. The van der Waals surface area contributed by atoms with Crippen molar-refractivity contribution in [1.29, 1.82) is 0 Å². The average Bonchev–Trinajstić information content (AvgIpc) is 2.99. The third-order valence-corrected chi connectivity index (χ3v) is 8.07. The Balaban J connectivity index is 1.13. The third kappa shape index (κ3) is 6.75. The molecule has 6 rings (SSSR count). The van der Waals surface area contributed by atoms with E-state index in [0.717, 1.165) is 40.7 Å². The van der Waals surface area contributed by atoms with Crippen LogP contribution in [0.5, 0.6) is 0 Å². The van der Waals surface area contributed by atoms with E-state index < -0.39 is 17.5 Å². The van der Waals surface area contributed by atoms with Gasteiger partial charge in [0.1, 0.15) is 16.7 Å². The van der Waals surface area contributed by atoms with Gasteiger partial charge in [0.05, 0.1) is 11.8 Å². The highest BCUT2D eigenvalue weighted by Gasteiger charge is 2.27. The summed E-state index contributed by atoms with van der Waals surface area (Å²) in [5, 5.41) is 9.96. The van der Waals surface area contributed by atoms with Crippen molar-refractivity contribution >= 4 is 52.2 Å². The molecule has 3 aromatic carbocycles. The fraction of sp³-hybridized carbons (Fsp3) is 0.250. The molecule has 0 atom stereocenters. The molecule has 0 spiro atoms. The number of anilines is 5. The van der Waals surface area contributed by atoms with Crippen LogP contribution in [-0.4, -0.2) is 39.8 Å². The number of hydrogen-bond acceptors (Lipinski definition) is 6. The topological polar surface area (TPSA) is 99.3 Å². The number of aryl methyl sites for hydroxylation is 2. The fourth-order valence-corrected chi connectivity index (χ4v) is 5.64. The van der Waals surface area contributed by atoms with Crippen LogP contribution in [0.3, 0.4) is 0 Å². The molecule has 2 aliphatic rings. The van der Waals surface area contributed by atoms with Crippen LogP contribution in [0, 0.1) is 17.6 Å². The van der Waals surface area contributed by atoms with Crippen molar-refractivity contribution in [2.24, 2.45) is 5.92 Å². The number of amides is 2. The van der Waals surface area contributed by atoms with Crippen molar-refractivity contribution in [2.45, 2.75) is 32.1 Å². The molecule has 3 heterocycles. The van der Waals surface area contributed by atoms with Gasteiger partial charge in [0, 0.05) is 42.6 Å². The minimum Gasteiger partial charge on any atom is -0.339 e. The van der Waals surface area contributed by atoms with Crippen molar-refractivity contribution in [1.82, 2.24) is 14.9 Å². The summed E-state index contributed by atoms with van der Waals surface area (Å²) < 4.78 is 27.4. The van der Waals surface area contributed by atoms with Crippen LogP contribution in [0.2, 0.25) is 5.02 Å². The monoisotopic (exact) mass is 602 g/mol. The molecule has 4 aromatic rings. The Bertz CT molecular complexity index is 1690. The van der Waals surface area contributed by atoms with E-state index in [2.05, 4.69) is 32.0 Å². The maximum absolute atomic E-state index is 14.1. The number of carbonyl (C=O) groups is 2. The highest BCUT2D eigenvalue weighted by atomic mass is 35.5. The van der Waals surface area contributed by atoms with Gasteiger partial charge in [0.25, 0.3) is 5.91 Å². The van der Waals surface area contributed by atoms with Crippen LogP contribution >= 0.6 is 11.6 Å². The lowest BCUT2D eigenvalue weighted by Gasteiger charge is -2.32. The zero-order chi connectivity index (χ0) is 29.9. The number of likely N-dealkylation sites (tertiary alicyclic amines) is 1. The van der Waals surface area contributed by atoms with Gasteiger partial charge in [0.15, 0.2) is 5.82 Å². The molecule has 2 amide bonds. The molecule has 220 valence electrons. The standard InChI is InChI=1S/C32H29ClF2N6O2/c33-26-18-36-32-38-23-3-1-2-19(14-23)4-5-21-16-24(37-30(26)40-32)7-9-28(21)39-29(42)15-20-10-12-41(13-11-20)31(43)25-8-6-22(34)17-27(25)35/h1-3,6-9,14,16-18,20H,4-5,10-13,15H2,(H,39,42)(H2,36,37,38,40). The molecule has 6 bridgehead atoms. The number of nitrogens with zero attached hydrogens (tertiary/aromatic N) is 3. The van der Waals surface area contributed by atoms with Gasteiger partial charge >= 0.3 is 0 Å². The quantitative estimate of drug-likeness (QED) is 0.236. The first kappa shape index (κ1) is 28.5. The Morgan fingerprint density at radius 3 is 2.60 bits per heavy atom. The molecule has 0 aliphatic carbocycles. The largest absolute Gasteiger partial charge is 0.339 e. The zero-order valence-electron chi connectivity index (χ0n) is 23.2. The number of aromatic nitrogens is 2. The van der Waals surface area contributed by atoms with E-state index in [-0.39, 0.29) is 17.4 Å². The van der Waals surface area contributed by atoms with Crippen LogP contribution in [0.1, 0.15) is 40.7 Å². The van der Waals surface area contributed by atoms with Crippen molar-refractivity contribution in [2.75, 3.05) is 29.0 Å². The molecule has 0 unspecified atom stereocenters. The Morgan fingerprint density at radius 2 is 1.79 bits per heavy atom. The Hall–Kier alpha value is -4.57. The van der Waals surface area contributed by atoms with Crippen molar-refractivity contribution in [3.63, 3.8) is 0 Å². The predicted octanol–water partition coefficient (Wildman–Crippen LogP) is 6.88. The Kier molecular flexibility index (Phi) is 8.20. The summed E-state index contributed by atoms with van der Waals surface area (Å²) in [7, 11) is 0. The maximum atomic E-state index is 14.1. The summed E-state index contributed by atoms with van der Waals surface area (Å²) in [5.74, 6) is -1.20. The van der Waals surface area contributed by atoms with Crippen molar-refractivity contribution in [3.8, 4) is 0 Å². The second-order valence-electron chi connectivity index (χ2n) is 10.8. The number of benzene rings is 3. The second kappa shape index (κ2) is 12.3. The lowest BCUT2D eigenvalue weighted by molar-refractivity contribution is -0.117. The summed E-state index contributed by atoms with van der Waals surface area (Å²) in [4.78, 5) is 36.3. The first-order valence-corrected chi connectivity index (χ1v) is 14.5. The highest BCUT2D eigenvalue weighted by Crippen LogP contribution is 2.30. The second-order valence-corrected chi connectivity index (χ2v) is 11.2. The number of nitrogens with one attached hydrogen (secondary N) is 3. The van der Waals surface area contributed by atoms with E-state index in [1.807, 2.05) is 36.4 Å². The lowest BCUT2D eigenvalue weighted by atomic mass is 9.92. The normalized spacial score (nSPS) is 14.8. The van der Waals surface area contributed by atoms with E-state index in [4.69, 9.17) is 11.6 Å². The number of piperidine rings is 1. The molecule has 1 aromatic heterocycles. The van der Waals surface area contributed by atoms with Gasteiger partial charge in [0.2, 0.25) is 11.9 Å². The van der Waals surface area contributed by atoms with E-state index in [1.165, 1.54) is 6.07 Å². The fourth-order valence-electron chi connectivity index (χ4n) is 5.50. The van der Waals surface area contributed by atoms with Gasteiger partial charge in [-0.15, -0.1) is 0 Å². The van der Waals surface area contributed by atoms with E-state index in [0.29, 0.717) is 61.6 Å². The predicted molar refractivity (Wildman–Crippen MR) is 162 cm³/mol. The van der Waals surface area contributed by atoms with Gasteiger partial charge in [-0.3, -0.25) is 9.59 Å². The minimum atomic E-state index is -0.870. The van der Waals surface area contributed by atoms with Crippen LogP contribution in [-0.2, 0) is 17.6 Å². The average molecular weight is 603 g/mol. The molecule has 8 nitrogen and oxygen atoms in total. The van der Waals surface area contributed by atoms with Crippen LogP contribution in [0.4, 0.5) is 37.6 Å². The summed E-state index contributed by atoms with van der Waals surface area (Å²) in [6.45, 7) is 0.806. The number of rotatable bonds is 4. The molecular weight excluding hydrogens is 574 g/mol. The number of carbonyl (C=O) groups excluding carboxylic acids is 2. The Labute approximate surface area is 252 Å². The molecule has 3 N–H and O–H groups in total. The van der Waals surface area contributed by atoms with Gasteiger partial charge in [-0.1, -0.05) is 23.7 Å². The molecule has 0 saturated carbocycles. The molecule has 2 aliphatic heterocycles. The summed E-state index contributed by atoms with van der Waals surface area (Å²) in [6.07, 6.45) is 4.51. The number of halogens is 3. The Morgan fingerprint density at radius 1 is 0.977 bits per heavy atom. The van der Waals surface area contributed by atoms with Crippen molar-refractivity contribution < 1.29 is 18.4 Å². The summed E-state index contributed by atoms with van der Waals surface area (Å²) >= 11 is 6.37. The van der Waals surface area contributed by atoms with Gasteiger partial charge in [-0.05, 0) is 85.2 Å². The maximum Gasteiger partial charge on any atom is 0.256 e. The van der Waals surface area contributed by atoms with Gasteiger partial charge < -0.3 is 20.9 Å². The minimum absolute atomic E-state index is 0.0810. The molecule has 0 radical (unpaired) electrons. The zero-order valence-corrected chi connectivity index (χ0v) is 23.9. The van der Waals surface area contributed by atoms with Gasteiger partial charge in [-0.25, -0.2) is 13.8 Å². The molecule has 1 fully saturated rings.